The van der Waals surface area contributed by atoms with Gasteiger partial charge in [-0.3, -0.25) is 14.6 Å². The lowest BCUT2D eigenvalue weighted by atomic mass is 9.91. The number of pyridine rings is 1. The van der Waals surface area contributed by atoms with E-state index in [-0.39, 0.29) is 12.3 Å². The quantitative estimate of drug-likeness (QED) is 0.592. The van der Waals surface area contributed by atoms with Crippen molar-refractivity contribution in [2.24, 2.45) is 5.92 Å². The van der Waals surface area contributed by atoms with Crippen LogP contribution in [0.5, 0.6) is 0 Å². The number of aryl methyl sites for hydroxylation is 1. The number of ketones is 1. The monoisotopic (exact) mass is 459 g/mol. The molecule has 1 aromatic heterocycles. The lowest BCUT2D eigenvalue weighted by Crippen LogP contribution is -2.36. The highest BCUT2D eigenvalue weighted by molar-refractivity contribution is 6.22. The molecular weight excluding hydrogens is 436 g/mol. The minimum absolute atomic E-state index is 0.0166. The van der Waals surface area contributed by atoms with Gasteiger partial charge in [0, 0.05) is 29.8 Å². The van der Waals surface area contributed by atoms with Crippen LogP contribution < -0.4 is 10.2 Å². The second-order valence-electron chi connectivity index (χ2n) is 8.70. The summed E-state index contributed by atoms with van der Waals surface area (Å²) in [7, 11) is 0. The smallest absolute Gasteiger partial charge is 0.254 e. The van der Waals surface area contributed by atoms with Crippen molar-refractivity contribution in [3.8, 4) is 0 Å². The molecule has 2 atom stereocenters. The van der Waals surface area contributed by atoms with Gasteiger partial charge in [0.15, 0.2) is 0 Å². The number of carbonyl (C=O) groups excluding carboxylic acids is 2. The van der Waals surface area contributed by atoms with Gasteiger partial charge in [0.05, 0.1) is 29.5 Å². The Bertz CT molecular complexity index is 1350. The van der Waals surface area contributed by atoms with Gasteiger partial charge in [0.1, 0.15) is 17.4 Å². The van der Waals surface area contributed by atoms with E-state index >= 15 is 0 Å². The summed E-state index contributed by atoms with van der Waals surface area (Å²) < 4.78 is 28.8. The van der Waals surface area contributed by atoms with E-state index in [9.17, 15) is 18.4 Å². The van der Waals surface area contributed by atoms with E-state index in [1.165, 1.54) is 18.2 Å². The molecule has 1 N–H and O–H groups in total. The molecule has 1 aliphatic heterocycles. The van der Waals surface area contributed by atoms with Crippen LogP contribution in [0.3, 0.4) is 0 Å². The summed E-state index contributed by atoms with van der Waals surface area (Å²) in [5, 5.41) is 2.95. The van der Waals surface area contributed by atoms with Gasteiger partial charge in [0.2, 0.25) is 0 Å². The van der Waals surface area contributed by atoms with E-state index in [1.54, 1.807) is 36.5 Å². The number of nitrogens with one attached hydrogen (secondary N) is 1. The fourth-order valence-electron chi connectivity index (χ4n) is 4.66. The number of halogens is 2. The van der Waals surface area contributed by atoms with Gasteiger partial charge in [-0.2, -0.15) is 0 Å². The third-order valence-corrected chi connectivity index (χ3v) is 6.54. The summed E-state index contributed by atoms with van der Waals surface area (Å²) in [5.41, 5.74) is 3.93. The van der Waals surface area contributed by atoms with Crippen molar-refractivity contribution in [3.63, 3.8) is 0 Å². The van der Waals surface area contributed by atoms with Crippen LogP contribution in [0.2, 0.25) is 0 Å². The molecule has 1 aliphatic carbocycles. The Balaban J connectivity index is 1.58. The van der Waals surface area contributed by atoms with Crippen LogP contribution in [0.25, 0.3) is 5.57 Å². The van der Waals surface area contributed by atoms with E-state index in [0.717, 1.165) is 11.4 Å². The molecule has 1 unspecified atom stereocenters. The van der Waals surface area contributed by atoms with Gasteiger partial charge in [-0.25, -0.2) is 8.78 Å². The minimum Gasteiger partial charge on any atom is -0.344 e. The summed E-state index contributed by atoms with van der Waals surface area (Å²) in [5.74, 6) is -1.67. The van der Waals surface area contributed by atoms with Gasteiger partial charge in [-0.05, 0) is 55.3 Å². The Morgan fingerprint density at radius 2 is 1.88 bits per heavy atom. The molecule has 1 fully saturated rings. The normalized spacial score (nSPS) is 17.9. The maximum absolute atomic E-state index is 14.9. The highest BCUT2D eigenvalue weighted by atomic mass is 19.1. The lowest BCUT2D eigenvalue weighted by molar-refractivity contribution is -0.116. The first-order valence-corrected chi connectivity index (χ1v) is 11.1. The van der Waals surface area contributed by atoms with Crippen LogP contribution in [-0.2, 0) is 16.1 Å². The molecule has 7 heteroatoms. The van der Waals surface area contributed by atoms with E-state index in [1.807, 2.05) is 24.8 Å². The van der Waals surface area contributed by atoms with Crippen molar-refractivity contribution in [1.82, 2.24) is 10.3 Å². The average Bonchev–Trinajstić information content (AvgIpc) is 3.54. The number of hydrogen-bond acceptors (Lipinski definition) is 4. The molecule has 0 saturated heterocycles. The molecule has 0 spiro atoms. The molecule has 34 heavy (non-hydrogen) atoms. The molecule has 0 bridgehead atoms. The number of fused-ring (bicyclic) bond motifs is 1. The van der Waals surface area contributed by atoms with Gasteiger partial charge >= 0.3 is 0 Å². The maximum Gasteiger partial charge on any atom is 0.254 e. The Hall–Kier alpha value is -3.87. The Labute approximate surface area is 196 Å². The lowest BCUT2D eigenvalue weighted by Gasteiger charge is -2.34. The van der Waals surface area contributed by atoms with Crippen LogP contribution in [0.15, 0.2) is 66.5 Å². The topological polar surface area (TPSA) is 62.3 Å². The fraction of sp³-hybridized carbons (Fsp3) is 0.222. The number of nitrogens with zero attached hydrogens (tertiary/aromatic N) is 2. The van der Waals surface area contributed by atoms with Gasteiger partial charge in [0.25, 0.3) is 5.91 Å². The van der Waals surface area contributed by atoms with Gasteiger partial charge in [-0.15, -0.1) is 0 Å². The standard InChI is InChI=1S/C27H23F2N3O2/c1-15-23(10-5-11-30-15)32-14-21-19(8-4-9-22(21)29)25(16(32)2)27(34)31-26(20-13-24(20)33)17-6-3-7-18(28)12-17/h3-12,20,26H,13-14H2,1-2H3,(H,31,34)/t20?,26-/m1/s1. The largest absolute Gasteiger partial charge is 0.344 e. The van der Waals surface area contributed by atoms with Crippen LogP contribution in [-0.4, -0.2) is 16.7 Å². The summed E-state index contributed by atoms with van der Waals surface area (Å²) in [6, 6.07) is 13.6. The highest BCUT2D eigenvalue weighted by Gasteiger charge is 2.44. The zero-order valence-electron chi connectivity index (χ0n) is 18.8. The summed E-state index contributed by atoms with van der Waals surface area (Å²) in [6.45, 7) is 3.93. The van der Waals surface area contributed by atoms with Crippen LogP contribution >= 0.6 is 0 Å². The Kier molecular flexibility index (Phi) is 5.48. The van der Waals surface area contributed by atoms with Crippen molar-refractivity contribution >= 4 is 23.0 Å². The fourth-order valence-corrected chi connectivity index (χ4v) is 4.66. The molecule has 2 aliphatic rings. The predicted molar refractivity (Wildman–Crippen MR) is 125 cm³/mol. The molecular formula is C27H23F2N3O2. The predicted octanol–water partition coefficient (Wildman–Crippen LogP) is 4.87. The van der Waals surface area contributed by atoms with Crippen LogP contribution in [0.1, 0.15) is 41.8 Å². The van der Waals surface area contributed by atoms with E-state index in [4.69, 9.17) is 0 Å². The first-order valence-electron chi connectivity index (χ1n) is 11.1. The maximum atomic E-state index is 14.9. The molecule has 1 saturated carbocycles. The summed E-state index contributed by atoms with van der Waals surface area (Å²) >= 11 is 0. The first-order chi connectivity index (χ1) is 16.3. The molecule has 1 amide bonds. The highest BCUT2D eigenvalue weighted by Crippen LogP contribution is 2.40. The molecule has 2 heterocycles. The number of hydrogen-bond donors (Lipinski definition) is 1. The van der Waals surface area contributed by atoms with Crippen LogP contribution in [0.4, 0.5) is 14.5 Å². The van der Waals surface area contributed by atoms with Crippen LogP contribution in [0, 0.1) is 24.5 Å². The number of amides is 1. The molecule has 0 radical (unpaired) electrons. The van der Waals surface area contributed by atoms with E-state index in [2.05, 4.69) is 10.3 Å². The Morgan fingerprint density at radius 3 is 2.59 bits per heavy atom. The van der Waals surface area contributed by atoms with E-state index in [0.29, 0.717) is 34.4 Å². The number of aromatic nitrogens is 1. The van der Waals surface area contributed by atoms with Crippen molar-refractivity contribution in [3.05, 3.63) is 101 Å². The zero-order chi connectivity index (χ0) is 24.0. The minimum atomic E-state index is -0.663. The van der Waals surface area contributed by atoms with Crippen molar-refractivity contribution in [1.29, 1.82) is 0 Å². The van der Waals surface area contributed by atoms with Crippen molar-refractivity contribution in [2.75, 3.05) is 4.90 Å². The first kappa shape index (κ1) is 21.9. The summed E-state index contributed by atoms with van der Waals surface area (Å²) in [6.07, 6.45) is 2.01. The molecule has 5 nitrogen and oxygen atoms in total. The molecule has 5 rings (SSSR count). The molecule has 172 valence electrons. The zero-order valence-corrected chi connectivity index (χ0v) is 18.8. The number of carbonyl (C=O) groups is 2. The second-order valence-corrected chi connectivity index (χ2v) is 8.70. The molecule has 3 aromatic rings. The number of benzene rings is 2. The number of allylic oxidation sites excluding steroid dienone is 1. The number of anilines is 1. The molecule has 2 aromatic carbocycles. The number of rotatable bonds is 5. The van der Waals surface area contributed by atoms with Crippen molar-refractivity contribution < 1.29 is 18.4 Å². The Morgan fingerprint density at radius 1 is 1.12 bits per heavy atom. The average molecular weight is 459 g/mol. The second kappa shape index (κ2) is 8.48. The SMILES string of the molecule is CC1=C(C(=O)N[C@H](c2cccc(F)c2)C2CC2=O)c2cccc(F)c2CN1c1cccnc1C. The third kappa shape index (κ3) is 3.87. The van der Waals surface area contributed by atoms with Gasteiger partial charge in [-0.1, -0.05) is 24.3 Å². The summed E-state index contributed by atoms with van der Waals surface area (Å²) in [4.78, 5) is 31.9. The number of Topliss-reactive ketones (excluding diaryl/α,β-unsaturated/α-hetero) is 1. The van der Waals surface area contributed by atoms with Gasteiger partial charge < -0.3 is 10.2 Å². The van der Waals surface area contributed by atoms with Crippen molar-refractivity contribution in [2.45, 2.75) is 32.9 Å². The third-order valence-electron chi connectivity index (χ3n) is 6.54. The van der Waals surface area contributed by atoms with E-state index < -0.39 is 29.5 Å².